The van der Waals surface area contributed by atoms with Gasteiger partial charge in [0.2, 0.25) is 0 Å². The molecule has 0 spiro atoms. The first-order valence-electron chi connectivity index (χ1n) is 7.32. The molecule has 1 aliphatic rings. The van der Waals surface area contributed by atoms with Crippen molar-refractivity contribution in [2.24, 2.45) is 0 Å². The summed E-state index contributed by atoms with van der Waals surface area (Å²) in [5.74, 6) is 1.17. The van der Waals surface area contributed by atoms with Crippen molar-refractivity contribution in [3.8, 4) is 5.75 Å². The van der Waals surface area contributed by atoms with Crippen molar-refractivity contribution in [3.05, 3.63) is 29.3 Å². The number of ether oxygens (including phenoxy) is 1. The monoisotopic (exact) mass is 247 g/mol. The molecule has 0 radical (unpaired) electrons. The van der Waals surface area contributed by atoms with Crippen LogP contribution in [0, 0.1) is 0 Å². The lowest BCUT2D eigenvalue weighted by Gasteiger charge is -2.17. The van der Waals surface area contributed by atoms with Crippen molar-refractivity contribution >= 4 is 0 Å². The summed E-state index contributed by atoms with van der Waals surface area (Å²) in [6, 6.07) is 7.24. The number of rotatable bonds is 7. The predicted molar refractivity (Wildman–Crippen MR) is 76.3 cm³/mol. The van der Waals surface area contributed by atoms with Crippen molar-refractivity contribution in [1.29, 1.82) is 0 Å². The average molecular weight is 247 g/mol. The highest BCUT2D eigenvalue weighted by atomic mass is 16.5. The Hall–Kier alpha value is -1.02. The Morgan fingerprint density at radius 3 is 2.94 bits per heavy atom. The van der Waals surface area contributed by atoms with E-state index in [4.69, 9.17) is 4.74 Å². The molecule has 0 bridgehead atoms. The molecule has 1 aliphatic heterocycles. The zero-order chi connectivity index (χ0) is 12.8. The first-order chi connectivity index (χ1) is 8.85. The van der Waals surface area contributed by atoms with Crippen LogP contribution in [0.5, 0.6) is 5.75 Å². The largest absolute Gasteiger partial charge is 0.493 e. The second-order valence-corrected chi connectivity index (χ2v) is 5.09. The second kappa shape index (κ2) is 6.79. The van der Waals surface area contributed by atoms with Crippen LogP contribution in [0.4, 0.5) is 0 Å². The summed E-state index contributed by atoms with van der Waals surface area (Å²) >= 11 is 0. The minimum Gasteiger partial charge on any atom is -0.493 e. The highest BCUT2D eigenvalue weighted by Gasteiger charge is 2.16. The minimum atomic E-state index is 0.650. The Kier molecular flexibility index (Phi) is 5.06. The fraction of sp³-hybridized carbons (Fsp3) is 0.625. The summed E-state index contributed by atoms with van der Waals surface area (Å²) in [5.41, 5.74) is 2.78. The van der Waals surface area contributed by atoms with Crippen LogP contribution < -0.4 is 10.1 Å². The topological polar surface area (TPSA) is 21.3 Å². The van der Waals surface area contributed by atoms with Gasteiger partial charge in [0.25, 0.3) is 0 Å². The van der Waals surface area contributed by atoms with Crippen LogP contribution in [0.25, 0.3) is 0 Å². The highest BCUT2D eigenvalue weighted by Crippen LogP contribution is 2.30. The highest BCUT2D eigenvalue weighted by molar-refractivity contribution is 5.44. The number of hydrogen-bond donors (Lipinski definition) is 1. The maximum Gasteiger partial charge on any atom is 0.125 e. The summed E-state index contributed by atoms with van der Waals surface area (Å²) in [5, 5.41) is 3.58. The first-order valence-corrected chi connectivity index (χ1v) is 7.32. The SMILES string of the molecule is CCCC(CCc1cccc2c1OCC2)NCC. The van der Waals surface area contributed by atoms with Gasteiger partial charge in [-0.15, -0.1) is 0 Å². The Morgan fingerprint density at radius 2 is 2.17 bits per heavy atom. The zero-order valence-electron chi connectivity index (χ0n) is 11.7. The molecule has 1 atom stereocenters. The van der Waals surface area contributed by atoms with Gasteiger partial charge in [-0.2, -0.15) is 0 Å². The van der Waals surface area contributed by atoms with E-state index in [9.17, 15) is 0 Å². The van der Waals surface area contributed by atoms with E-state index in [2.05, 4.69) is 37.4 Å². The van der Waals surface area contributed by atoms with Crippen LogP contribution in [-0.4, -0.2) is 19.2 Å². The van der Waals surface area contributed by atoms with Gasteiger partial charge >= 0.3 is 0 Å². The van der Waals surface area contributed by atoms with Crippen LogP contribution >= 0.6 is 0 Å². The van der Waals surface area contributed by atoms with Crippen molar-refractivity contribution in [3.63, 3.8) is 0 Å². The standard InChI is InChI=1S/C16H25NO/c1-3-6-15(17-4-2)10-9-13-7-5-8-14-11-12-18-16(13)14/h5,7-8,15,17H,3-4,6,9-12H2,1-2H3. The number of para-hydroxylation sites is 1. The summed E-state index contributed by atoms with van der Waals surface area (Å²) in [7, 11) is 0. The van der Waals surface area contributed by atoms with Crippen molar-refractivity contribution in [1.82, 2.24) is 5.32 Å². The zero-order valence-corrected chi connectivity index (χ0v) is 11.7. The fourth-order valence-electron chi connectivity index (χ4n) is 2.80. The smallest absolute Gasteiger partial charge is 0.125 e. The number of benzene rings is 1. The second-order valence-electron chi connectivity index (χ2n) is 5.09. The Bertz CT molecular complexity index is 369. The van der Waals surface area contributed by atoms with E-state index in [1.54, 1.807) is 0 Å². The van der Waals surface area contributed by atoms with Gasteiger partial charge in [-0.3, -0.25) is 0 Å². The van der Waals surface area contributed by atoms with E-state index < -0.39 is 0 Å². The Balaban J connectivity index is 1.95. The van der Waals surface area contributed by atoms with Gasteiger partial charge in [0.15, 0.2) is 0 Å². The van der Waals surface area contributed by atoms with Crippen LogP contribution in [0.15, 0.2) is 18.2 Å². The van der Waals surface area contributed by atoms with Gasteiger partial charge in [0.05, 0.1) is 6.61 Å². The molecule has 0 aromatic heterocycles. The molecule has 18 heavy (non-hydrogen) atoms. The molecule has 1 unspecified atom stereocenters. The Morgan fingerprint density at radius 1 is 1.28 bits per heavy atom. The number of hydrogen-bond acceptors (Lipinski definition) is 2. The molecular weight excluding hydrogens is 222 g/mol. The number of nitrogens with one attached hydrogen (secondary N) is 1. The summed E-state index contributed by atoms with van der Waals surface area (Å²) < 4.78 is 5.76. The van der Waals surface area contributed by atoms with Gasteiger partial charge < -0.3 is 10.1 Å². The maximum absolute atomic E-state index is 5.76. The normalized spacial score (nSPS) is 15.2. The van der Waals surface area contributed by atoms with Crippen LogP contribution in [0.1, 0.15) is 44.2 Å². The molecule has 0 amide bonds. The molecule has 100 valence electrons. The van der Waals surface area contributed by atoms with Crippen molar-refractivity contribution in [2.75, 3.05) is 13.2 Å². The molecule has 1 aromatic carbocycles. The van der Waals surface area contributed by atoms with Gasteiger partial charge in [0.1, 0.15) is 5.75 Å². The maximum atomic E-state index is 5.76. The molecule has 1 heterocycles. The lowest BCUT2D eigenvalue weighted by Crippen LogP contribution is -2.29. The lowest BCUT2D eigenvalue weighted by molar-refractivity contribution is 0.352. The molecule has 0 saturated heterocycles. The van der Waals surface area contributed by atoms with Crippen molar-refractivity contribution in [2.45, 2.75) is 52.0 Å². The molecule has 1 N–H and O–H groups in total. The molecule has 2 rings (SSSR count). The number of fused-ring (bicyclic) bond motifs is 1. The van der Waals surface area contributed by atoms with Crippen LogP contribution in [0.2, 0.25) is 0 Å². The minimum absolute atomic E-state index is 0.650. The average Bonchev–Trinajstić information content (AvgIpc) is 2.85. The molecule has 0 saturated carbocycles. The summed E-state index contributed by atoms with van der Waals surface area (Å²) in [6.45, 7) is 6.37. The lowest BCUT2D eigenvalue weighted by atomic mass is 9.99. The summed E-state index contributed by atoms with van der Waals surface area (Å²) in [4.78, 5) is 0. The van der Waals surface area contributed by atoms with E-state index in [0.29, 0.717) is 6.04 Å². The van der Waals surface area contributed by atoms with E-state index in [-0.39, 0.29) is 0 Å². The van der Waals surface area contributed by atoms with Crippen LogP contribution in [-0.2, 0) is 12.8 Å². The van der Waals surface area contributed by atoms with E-state index >= 15 is 0 Å². The Labute approximate surface area is 111 Å². The quantitative estimate of drug-likeness (QED) is 0.798. The van der Waals surface area contributed by atoms with E-state index in [1.165, 1.54) is 36.1 Å². The first kappa shape index (κ1) is 13.4. The van der Waals surface area contributed by atoms with E-state index in [0.717, 1.165) is 26.0 Å². The third kappa shape index (κ3) is 3.26. The molecule has 0 aliphatic carbocycles. The third-order valence-electron chi connectivity index (χ3n) is 3.69. The van der Waals surface area contributed by atoms with Gasteiger partial charge in [-0.1, -0.05) is 38.5 Å². The van der Waals surface area contributed by atoms with Gasteiger partial charge in [-0.05, 0) is 36.9 Å². The molecular formula is C16H25NO. The van der Waals surface area contributed by atoms with E-state index in [1.807, 2.05) is 0 Å². The molecule has 2 heteroatoms. The molecule has 1 aromatic rings. The number of aryl methyl sites for hydroxylation is 1. The van der Waals surface area contributed by atoms with Gasteiger partial charge in [-0.25, -0.2) is 0 Å². The van der Waals surface area contributed by atoms with Crippen molar-refractivity contribution < 1.29 is 4.74 Å². The van der Waals surface area contributed by atoms with Crippen LogP contribution in [0.3, 0.4) is 0 Å². The van der Waals surface area contributed by atoms with Gasteiger partial charge in [0, 0.05) is 12.5 Å². The fourth-order valence-corrected chi connectivity index (χ4v) is 2.80. The third-order valence-corrected chi connectivity index (χ3v) is 3.69. The molecule has 0 fully saturated rings. The summed E-state index contributed by atoms with van der Waals surface area (Å²) in [6.07, 6.45) is 5.93. The molecule has 2 nitrogen and oxygen atoms in total. The predicted octanol–water partition coefficient (Wildman–Crippen LogP) is 3.33.